The second-order valence-electron chi connectivity index (χ2n) is 5.41. The molecular weight excluding hydrogens is 236 g/mol. The van der Waals surface area contributed by atoms with Gasteiger partial charge in [0.2, 0.25) is 0 Å². The highest BCUT2D eigenvalue weighted by atomic mass is 16.2. The molecule has 0 radical (unpaired) electrons. The lowest BCUT2D eigenvalue weighted by Crippen LogP contribution is -2.31. The average Bonchev–Trinajstić information content (AvgIpc) is 2.92. The Morgan fingerprint density at radius 2 is 2.00 bits per heavy atom. The minimum atomic E-state index is 0.128. The van der Waals surface area contributed by atoms with Gasteiger partial charge in [-0.1, -0.05) is 25.0 Å². The van der Waals surface area contributed by atoms with Gasteiger partial charge in [-0.05, 0) is 37.8 Å². The van der Waals surface area contributed by atoms with Crippen LogP contribution >= 0.6 is 0 Å². The lowest BCUT2D eigenvalue weighted by Gasteiger charge is -2.22. The Bertz CT molecular complexity index is 425. The number of nitrogens with zero attached hydrogens (tertiary/aromatic N) is 1. The van der Waals surface area contributed by atoms with E-state index in [-0.39, 0.29) is 5.91 Å². The second kappa shape index (κ2) is 6.60. The van der Waals surface area contributed by atoms with Crippen molar-refractivity contribution < 1.29 is 4.79 Å². The van der Waals surface area contributed by atoms with Crippen LogP contribution in [0.5, 0.6) is 0 Å². The van der Waals surface area contributed by atoms with E-state index in [1.807, 2.05) is 43.1 Å². The van der Waals surface area contributed by atoms with Crippen molar-refractivity contribution in [3.63, 3.8) is 0 Å². The number of para-hydroxylation sites is 1. The molecule has 1 aliphatic carbocycles. The largest absolute Gasteiger partial charge is 0.385 e. The molecule has 104 valence electrons. The molecule has 0 aromatic heterocycles. The van der Waals surface area contributed by atoms with Crippen LogP contribution in [0.1, 0.15) is 43.0 Å². The third kappa shape index (κ3) is 3.49. The lowest BCUT2D eigenvalue weighted by molar-refractivity contribution is 0.0774. The maximum absolute atomic E-state index is 12.5. The molecule has 1 saturated carbocycles. The molecule has 0 bridgehead atoms. The lowest BCUT2D eigenvalue weighted by atomic mass is 10.1. The topological polar surface area (TPSA) is 32.3 Å². The van der Waals surface area contributed by atoms with E-state index < -0.39 is 0 Å². The van der Waals surface area contributed by atoms with Crippen LogP contribution in [0.4, 0.5) is 5.69 Å². The van der Waals surface area contributed by atoms with E-state index in [0.29, 0.717) is 5.92 Å². The summed E-state index contributed by atoms with van der Waals surface area (Å²) in [7, 11) is 1.92. The zero-order chi connectivity index (χ0) is 13.7. The van der Waals surface area contributed by atoms with Crippen LogP contribution < -0.4 is 5.32 Å². The summed E-state index contributed by atoms with van der Waals surface area (Å²) in [6.45, 7) is 3.76. The van der Waals surface area contributed by atoms with Crippen molar-refractivity contribution in [3.8, 4) is 0 Å². The smallest absolute Gasteiger partial charge is 0.255 e. The van der Waals surface area contributed by atoms with E-state index in [9.17, 15) is 4.79 Å². The Morgan fingerprint density at radius 3 is 2.68 bits per heavy atom. The van der Waals surface area contributed by atoms with Gasteiger partial charge in [-0.25, -0.2) is 0 Å². The minimum Gasteiger partial charge on any atom is -0.385 e. The summed E-state index contributed by atoms with van der Waals surface area (Å²) in [5, 5.41) is 3.26. The predicted octanol–water partition coefficient (Wildman–Crippen LogP) is 3.38. The number of nitrogens with one attached hydrogen (secondary N) is 1. The van der Waals surface area contributed by atoms with E-state index >= 15 is 0 Å². The first kappa shape index (κ1) is 13.9. The third-order valence-corrected chi connectivity index (χ3v) is 3.88. The van der Waals surface area contributed by atoms with Gasteiger partial charge in [0, 0.05) is 25.8 Å². The Hall–Kier alpha value is -1.51. The summed E-state index contributed by atoms with van der Waals surface area (Å²) >= 11 is 0. The number of hydrogen-bond donors (Lipinski definition) is 1. The van der Waals surface area contributed by atoms with Crippen molar-refractivity contribution in [2.75, 3.05) is 25.5 Å². The van der Waals surface area contributed by atoms with Gasteiger partial charge in [0.15, 0.2) is 0 Å². The first-order valence-electron chi connectivity index (χ1n) is 7.30. The quantitative estimate of drug-likeness (QED) is 0.880. The maximum Gasteiger partial charge on any atom is 0.255 e. The van der Waals surface area contributed by atoms with Gasteiger partial charge in [-0.15, -0.1) is 0 Å². The SMILES string of the molecule is CCNc1ccccc1C(=O)N(C)CC1CCCC1. The number of hydrogen-bond acceptors (Lipinski definition) is 2. The van der Waals surface area contributed by atoms with Gasteiger partial charge in [0.25, 0.3) is 5.91 Å². The van der Waals surface area contributed by atoms with Crippen molar-refractivity contribution >= 4 is 11.6 Å². The fourth-order valence-corrected chi connectivity index (χ4v) is 2.88. The highest BCUT2D eigenvalue weighted by Crippen LogP contribution is 2.26. The third-order valence-electron chi connectivity index (χ3n) is 3.88. The molecule has 1 fully saturated rings. The number of rotatable bonds is 5. The molecule has 0 aliphatic heterocycles. The fourth-order valence-electron chi connectivity index (χ4n) is 2.88. The number of benzene rings is 1. The highest BCUT2D eigenvalue weighted by Gasteiger charge is 2.21. The first-order chi connectivity index (χ1) is 9.22. The van der Waals surface area contributed by atoms with Crippen molar-refractivity contribution in [1.29, 1.82) is 0 Å². The van der Waals surface area contributed by atoms with Gasteiger partial charge in [-0.2, -0.15) is 0 Å². The van der Waals surface area contributed by atoms with Crippen molar-refractivity contribution in [2.24, 2.45) is 5.92 Å². The Morgan fingerprint density at radius 1 is 1.32 bits per heavy atom. The molecule has 0 heterocycles. The molecule has 3 heteroatoms. The molecule has 2 rings (SSSR count). The summed E-state index contributed by atoms with van der Waals surface area (Å²) in [5.41, 5.74) is 1.72. The monoisotopic (exact) mass is 260 g/mol. The van der Waals surface area contributed by atoms with Crippen LogP contribution in [0.25, 0.3) is 0 Å². The molecular formula is C16H24N2O. The van der Waals surface area contributed by atoms with Crippen molar-refractivity contribution in [3.05, 3.63) is 29.8 Å². The molecule has 1 amide bonds. The maximum atomic E-state index is 12.5. The molecule has 1 aliphatic rings. The number of anilines is 1. The normalized spacial score (nSPS) is 15.5. The van der Waals surface area contributed by atoms with Gasteiger partial charge in [-0.3, -0.25) is 4.79 Å². The van der Waals surface area contributed by atoms with E-state index in [4.69, 9.17) is 0 Å². The zero-order valence-electron chi connectivity index (χ0n) is 12.0. The molecule has 3 nitrogen and oxygen atoms in total. The predicted molar refractivity (Wildman–Crippen MR) is 79.5 cm³/mol. The number of carbonyl (C=O) groups is 1. The molecule has 1 N–H and O–H groups in total. The van der Waals surface area contributed by atoms with Crippen LogP contribution in [-0.2, 0) is 0 Å². The van der Waals surface area contributed by atoms with Gasteiger partial charge < -0.3 is 10.2 Å². The van der Waals surface area contributed by atoms with Crippen LogP contribution in [0.3, 0.4) is 0 Å². The molecule has 0 atom stereocenters. The molecule has 1 aromatic carbocycles. The standard InChI is InChI=1S/C16H24N2O/c1-3-17-15-11-7-6-10-14(15)16(19)18(2)12-13-8-4-5-9-13/h6-7,10-11,13,17H,3-5,8-9,12H2,1-2H3. The van der Waals surface area contributed by atoms with Crippen LogP contribution in [0.15, 0.2) is 24.3 Å². The second-order valence-corrected chi connectivity index (χ2v) is 5.41. The summed E-state index contributed by atoms with van der Waals surface area (Å²) in [6.07, 6.45) is 5.18. The summed E-state index contributed by atoms with van der Waals surface area (Å²) < 4.78 is 0. The van der Waals surface area contributed by atoms with Gasteiger partial charge in [0.1, 0.15) is 0 Å². The Balaban J connectivity index is 2.05. The molecule has 0 saturated heterocycles. The van der Waals surface area contributed by atoms with Crippen LogP contribution in [0, 0.1) is 5.92 Å². The van der Waals surface area contributed by atoms with Crippen molar-refractivity contribution in [2.45, 2.75) is 32.6 Å². The Kier molecular flexibility index (Phi) is 4.83. The Labute approximate surface area is 116 Å². The molecule has 19 heavy (non-hydrogen) atoms. The van der Waals surface area contributed by atoms with Crippen molar-refractivity contribution in [1.82, 2.24) is 4.90 Å². The van der Waals surface area contributed by atoms with E-state index in [0.717, 1.165) is 24.3 Å². The fraction of sp³-hybridized carbons (Fsp3) is 0.562. The number of amides is 1. The van der Waals surface area contributed by atoms with E-state index in [2.05, 4.69) is 5.32 Å². The molecule has 0 unspecified atom stereocenters. The van der Waals surface area contributed by atoms with Gasteiger partial charge >= 0.3 is 0 Å². The zero-order valence-corrected chi connectivity index (χ0v) is 12.0. The van der Waals surface area contributed by atoms with E-state index in [1.54, 1.807) is 0 Å². The highest BCUT2D eigenvalue weighted by molar-refractivity contribution is 5.99. The summed E-state index contributed by atoms with van der Waals surface area (Å²) in [4.78, 5) is 14.4. The molecule has 0 spiro atoms. The minimum absolute atomic E-state index is 0.128. The average molecular weight is 260 g/mol. The van der Waals surface area contributed by atoms with Crippen LogP contribution in [0.2, 0.25) is 0 Å². The molecule has 1 aromatic rings. The summed E-state index contributed by atoms with van der Waals surface area (Å²) in [6, 6.07) is 7.77. The first-order valence-corrected chi connectivity index (χ1v) is 7.30. The number of carbonyl (C=O) groups excluding carboxylic acids is 1. The van der Waals surface area contributed by atoms with E-state index in [1.165, 1.54) is 25.7 Å². The van der Waals surface area contributed by atoms with Crippen LogP contribution in [-0.4, -0.2) is 30.9 Å². The summed E-state index contributed by atoms with van der Waals surface area (Å²) in [5.74, 6) is 0.823. The van der Waals surface area contributed by atoms with Gasteiger partial charge in [0.05, 0.1) is 5.56 Å².